The molecule has 3 aromatic rings. The van der Waals surface area contributed by atoms with E-state index in [9.17, 15) is 13.2 Å². The first-order valence-corrected chi connectivity index (χ1v) is 12.1. The first-order chi connectivity index (χ1) is 15.4. The molecule has 3 aromatic carbocycles. The lowest BCUT2D eigenvalue weighted by atomic mass is 10.0. The van der Waals surface area contributed by atoms with Crippen LogP contribution in [0.4, 0.5) is 5.69 Å². The van der Waals surface area contributed by atoms with Crippen LogP contribution in [0.2, 0.25) is 0 Å². The predicted molar refractivity (Wildman–Crippen MR) is 123 cm³/mol. The van der Waals surface area contributed by atoms with Crippen LogP contribution in [0.5, 0.6) is 0 Å². The van der Waals surface area contributed by atoms with Gasteiger partial charge in [0.15, 0.2) is 0 Å². The summed E-state index contributed by atoms with van der Waals surface area (Å²) in [4.78, 5) is 14.9. The Hall–Kier alpha value is -3.16. The van der Waals surface area contributed by atoms with Crippen LogP contribution in [0.25, 0.3) is 11.1 Å². The second kappa shape index (κ2) is 8.07. The van der Waals surface area contributed by atoms with Crippen molar-refractivity contribution in [1.82, 2.24) is 4.90 Å². The standard InChI is InChI=1S/C25H24N2O4S/c1-17-2-5-21(6-3-17)26-32(29,30)22-7-9-24-20(16-22)15-19-14-18(4-8-23(19)24)25(28)27-10-12-31-13-11-27/h2-9,14,16,26H,10-13,15H2,1H3. The van der Waals surface area contributed by atoms with Gasteiger partial charge in [-0.05, 0) is 72.0 Å². The van der Waals surface area contributed by atoms with Crippen molar-refractivity contribution in [2.75, 3.05) is 31.0 Å². The Morgan fingerprint density at radius 1 is 0.906 bits per heavy atom. The van der Waals surface area contributed by atoms with Crippen LogP contribution < -0.4 is 4.72 Å². The number of carbonyl (C=O) groups is 1. The summed E-state index contributed by atoms with van der Waals surface area (Å²) in [6.07, 6.45) is 0.600. The molecule has 1 fully saturated rings. The SMILES string of the molecule is Cc1ccc(NS(=O)(=O)c2ccc3c(c2)Cc2cc(C(=O)N4CCOCC4)ccc2-3)cc1. The lowest BCUT2D eigenvalue weighted by Gasteiger charge is -2.27. The summed E-state index contributed by atoms with van der Waals surface area (Å²) in [5.41, 5.74) is 6.31. The summed E-state index contributed by atoms with van der Waals surface area (Å²) in [5, 5.41) is 0. The van der Waals surface area contributed by atoms with Crippen LogP contribution in [0.3, 0.4) is 0 Å². The number of nitrogens with one attached hydrogen (secondary N) is 1. The van der Waals surface area contributed by atoms with Gasteiger partial charge in [0.1, 0.15) is 0 Å². The van der Waals surface area contributed by atoms with E-state index in [1.807, 2.05) is 48.2 Å². The molecule has 0 unspecified atom stereocenters. The van der Waals surface area contributed by atoms with Crippen LogP contribution in [0.1, 0.15) is 27.0 Å². The van der Waals surface area contributed by atoms with Gasteiger partial charge in [0.05, 0.1) is 18.1 Å². The molecule has 5 rings (SSSR count). The number of sulfonamides is 1. The van der Waals surface area contributed by atoms with E-state index in [0.29, 0.717) is 44.0 Å². The first-order valence-electron chi connectivity index (χ1n) is 10.6. The number of amides is 1. The van der Waals surface area contributed by atoms with Gasteiger partial charge >= 0.3 is 0 Å². The molecule has 1 saturated heterocycles. The van der Waals surface area contributed by atoms with Crippen molar-refractivity contribution >= 4 is 21.6 Å². The van der Waals surface area contributed by atoms with Crippen LogP contribution >= 0.6 is 0 Å². The largest absolute Gasteiger partial charge is 0.378 e. The van der Waals surface area contributed by atoms with Crippen molar-refractivity contribution in [3.05, 3.63) is 82.9 Å². The highest BCUT2D eigenvalue weighted by atomic mass is 32.2. The predicted octanol–water partition coefficient (Wildman–Crippen LogP) is 3.84. The molecule has 1 heterocycles. The number of benzene rings is 3. The van der Waals surface area contributed by atoms with Crippen LogP contribution in [0, 0.1) is 6.92 Å². The van der Waals surface area contributed by atoms with Crippen molar-refractivity contribution in [3.8, 4) is 11.1 Å². The van der Waals surface area contributed by atoms with E-state index in [1.54, 1.807) is 24.3 Å². The number of morpholine rings is 1. The Kier molecular flexibility index (Phi) is 5.23. The highest BCUT2D eigenvalue weighted by Crippen LogP contribution is 2.38. The molecule has 1 aliphatic carbocycles. The summed E-state index contributed by atoms with van der Waals surface area (Å²) in [6, 6.07) is 18.2. The fourth-order valence-electron chi connectivity index (χ4n) is 4.27. The molecule has 0 spiro atoms. The monoisotopic (exact) mass is 448 g/mol. The zero-order valence-electron chi connectivity index (χ0n) is 17.8. The van der Waals surface area contributed by atoms with Crippen molar-refractivity contribution < 1.29 is 17.9 Å². The van der Waals surface area contributed by atoms with Gasteiger partial charge in [0.25, 0.3) is 15.9 Å². The van der Waals surface area contributed by atoms with E-state index >= 15 is 0 Å². The second-order valence-corrected chi connectivity index (χ2v) is 9.93. The average Bonchev–Trinajstić information content (AvgIpc) is 3.17. The number of rotatable bonds is 4. The van der Waals surface area contributed by atoms with Gasteiger partial charge in [-0.2, -0.15) is 0 Å². The molecule has 7 heteroatoms. The number of hydrogen-bond donors (Lipinski definition) is 1. The fraction of sp³-hybridized carbons (Fsp3) is 0.240. The van der Waals surface area contributed by atoms with E-state index < -0.39 is 10.0 Å². The number of ether oxygens (including phenoxy) is 1. The zero-order valence-corrected chi connectivity index (χ0v) is 18.6. The van der Waals surface area contributed by atoms with Crippen molar-refractivity contribution in [2.45, 2.75) is 18.2 Å². The highest BCUT2D eigenvalue weighted by molar-refractivity contribution is 7.92. The molecule has 0 bridgehead atoms. The Balaban J connectivity index is 1.39. The van der Waals surface area contributed by atoms with Gasteiger partial charge in [-0.15, -0.1) is 0 Å². The maximum atomic E-state index is 12.9. The second-order valence-electron chi connectivity index (χ2n) is 8.24. The molecule has 1 amide bonds. The Labute approximate surface area is 187 Å². The summed E-state index contributed by atoms with van der Waals surface area (Å²) in [5.74, 6) is 0.0117. The third-order valence-corrected chi connectivity index (χ3v) is 7.39. The smallest absolute Gasteiger partial charge is 0.261 e. The Morgan fingerprint density at radius 2 is 1.56 bits per heavy atom. The maximum absolute atomic E-state index is 12.9. The third-order valence-electron chi connectivity index (χ3n) is 6.01. The van der Waals surface area contributed by atoms with Crippen molar-refractivity contribution in [2.24, 2.45) is 0 Å². The maximum Gasteiger partial charge on any atom is 0.261 e. The van der Waals surface area contributed by atoms with Crippen molar-refractivity contribution in [1.29, 1.82) is 0 Å². The molecule has 1 aliphatic heterocycles. The number of fused-ring (bicyclic) bond motifs is 3. The van der Waals surface area contributed by atoms with Crippen LogP contribution in [0.15, 0.2) is 65.6 Å². The summed E-state index contributed by atoms with van der Waals surface area (Å²) in [6.45, 7) is 4.29. The molecule has 0 radical (unpaired) electrons. The molecule has 32 heavy (non-hydrogen) atoms. The van der Waals surface area contributed by atoms with E-state index in [1.165, 1.54) is 0 Å². The van der Waals surface area contributed by atoms with E-state index in [-0.39, 0.29) is 10.8 Å². The van der Waals surface area contributed by atoms with E-state index in [2.05, 4.69) is 4.72 Å². The Bertz CT molecular complexity index is 1290. The van der Waals surface area contributed by atoms with Crippen molar-refractivity contribution in [3.63, 3.8) is 0 Å². The van der Waals surface area contributed by atoms with Gasteiger partial charge in [-0.3, -0.25) is 9.52 Å². The molecule has 0 aromatic heterocycles. The number of hydrogen-bond acceptors (Lipinski definition) is 4. The quantitative estimate of drug-likeness (QED) is 0.515. The third kappa shape index (κ3) is 3.89. The minimum absolute atomic E-state index is 0.0117. The minimum atomic E-state index is -3.69. The number of anilines is 1. The lowest BCUT2D eigenvalue weighted by molar-refractivity contribution is 0.0303. The van der Waals surface area contributed by atoms with Gasteiger partial charge < -0.3 is 9.64 Å². The van der Waals surface area contributed by atoms with Gasteiger partial charge in [0.2, 0.25) is 0 Å². The van der Waals surface area contributed by atoms with Gasteiger partial charge in [-0.1, -0.05) is 29.8 Å². The molecule has 0 saturated carbocycles. The molecule has 1 N–H and O–H groups in total. The zero-order chi connectivity index (χ0) is 22.3. The highest BCUT2D eigenvalue weighted by Gasteiger charge is 2.25. The van der Waals surface area contributed by atoms with E-state index in [0.717, 1.165) is 27.8 Å². The summed E-state index contributed by atoms with van der Waals surface area (Å²) in [7, 11) is -3.69. The van der Waals surface area contributed by atoms with Gasteiger partial charge in [-0.25, -0.2) is 8.42 Å². The van der Waals surface area contributed by atoms with Gasteiger partial charge in [0, 0.05) is 24.3 Å². The topological polar surface area (TPSA) is 75.7 Å². The summed E-state index contributed by atoms with van der Waals surface area (Å²) >= 11 is 0. The molecule has 164 valence electrons. The Morgan fingerprint density at radius 3 is 2.28 bits per heavy atom. The number of aryl methyl sites for hydroxylation is 1. The average molecular weight is 449 g/mol. The minimum Gasteiger partial charge on any atom is -0.378 e. The summed E-state index contributed by atoms with van der Waals surface area (Å²) < 4.78 is 33.8. The van der Waals surface area contributed by atoms with Crippen LogP contribution in [-0.2, 0) is 21.2 Å². The molecular weight excluding hydrogens is 424 g/mol. The molecule has 0 atom stereocenters. The van der Waals surface area contributed by atoms with E-state index in [4.69, 9.17) is 4.74 Å². The number of carbonyl (C=O) groups excluding carboxylic acids is 1. The fourth-order valence-corrected chi connectivity index (χ4v) is 5.38. The lowest BCUT2D eigenvalue weighted by Crippen LogP contribution is -2.40. The molecule has 6 nitrogen and oxygen atoms in total. The molecular formula is C25H24N2O4S. The molecule has 2 aliphatic rings. The van der Waals surface area contributed by atoms with Crippen LogP contribution in [-0.4, -0.2) is 45.5 Å². The normalized spacial score (nSPS) is 15.2. The first kappa shape index (κ1) is 20.7. The number of nitrogens with zero attached hydrogens (tertiary/aromatic N) is 1.